The van der Waals surface area contributed by atoms with Crippen LogP contribution in [0.3, 0.4) is 0 Å². The zero-order valence-corrected chi connectivity index (χ0v) is 18.9. The molecule has 9 nitrogen and oxygen atoms in total. The van der Waals surface area contributed by atoms with E-state index in [4.69, 9.17) is 0 Å². The Morgan fingerprint density at radius 2 is 1.91 bits per heavy atom. The molecule has 1 unspecified atom stereocenters. The van der Waals surface area contributed by atoms with Crippen LogP contribution in [0.4, 0.5) is 5.69 Å². The van der Waals surface area contributed by atoms with Gasteiger partial charge in [-0.1, -0.05) is 18.2 Å². The number of sulfonamides is 1. The Balaban J connectivity index is 1.55. The third-order valence-corrected chi connectivity index (χ3v) is 6.96. The summed E-state index contributed by atoms with van der Waals surface area (Å²) in [6.07, 6.45) is 0.477. The lowest BCUT2D eigenvalue weighted by Crippen LogP contribution is -2.33. The third-order valence-electron chi connectivity index (χ3n) is 5.15. The van der Waals surface area contributed by atoms with Crippen molar-refractivity contribution in [3.05, 3.63) is 59.7 Å². The smallest absolute Gasteiger partial charge is 0.251 e. The number of carbonyl (C=O) groups excluding carboxylic acids is 2. The second-order valence-electron chi connectivity index (χ2n) is 7.92. The Morgan fingerprint density at radius 1 is 1.16 bits per heavy atom. The number of benzene rings is 2. The zero-order valence-electron chi connectivity index (χ0n) is 18.1. The van der Waals surface area contributed by atoms with Gasteiger partial charge in [-0.15, -0.1) is 0 Å². The van der Waals surface area contributed by atoms with E-state index in [0.717, 1.165) is 22.8 Å². The Hall–Kier alpha value is -2.79. The zero-order chi connectivity index (χ0) is 23.3. The highest BCUT2D eigenvalue weighted by Gasteiger charge is 2.20. The monoisotopic (exact) mass is 460 g/mol. The van der Waals surface area contributed by atoms with Crippen LogP contribution in [0.2, 0.25) is 0 Å². The van der Waals surface area contributed by atoms with Crippen LogP contribution in [0.1, 0.15) is 22.3 Å². The van der Waals surface area contributed by atoms with Crippen LogP contribution >= 0.6 is 0 Å². The minimum Gasteiger partial charge on any atom is -0.392 e. The summed E-state index contributed by atoms with van der Waals surface area (Å²) in [5, 5.41) is 14.9. The highest BCUT2D eigenvalue weighted by atomic mass is 32.2. The number of aliphatic hydroxyl groups is 1. The molecule has 1 aliphatic rings. The average molecular weight is 461 g/mol. The molecule has 0 aliphatic carbocycles. The lowest BCUT2D eigenvalue weighted by Gasteiger charge is -2.15. The molecule has 1 aliphatic heterocycles. The molecule has 0 saturated carbocycles. The number of amides is 2. The maximum absolute atomic E-state index is 12.4. The molecule has 2 aromatic carbocycles. The lowest BCUT2D eigenvalue weighted by atomic mass is 10.2. The van der Waals surface area contributed by atoms with E-state index in [9.17, 15) is 23.1 Å². The standard InChI is InChI=1S/C22H28N4O5S/c1-25(2)32(30,31)20-8-4-6-17(12-20)22(29)23-13-21(28)24-18-7-3-5-16(11-18)14-26-10-9-19(27)15-26/h3-8,11-12,19,27H,9-10,13-15H2,1-2H3,(H,23,29)(H,24,28). The van der Waals surface area contributed by atoms with Crippen LogP contribution in [0.15, 0.2) is 53.4 Å². The number of nitrogens with one attached hydrogen (secondary N) is 2. The van der Waals surface area contributed by atoms with Crippen molar-refractivity contribution in [2.24, 2.45) is 0 Å². The summed E-state index contributed by atoms with van der Waals surface area (Å²) in [6.45, 7) is 1.90. The summed E-state index contributed by atoms with van der Waals surface area (Å²) >= 11 is 0. The van der Waals surface area contributed by atoms with Crippen molar-refractivity contribution in [1.82, 2.24) is 14.5 Å². The van der Waals surface area contributed by atoms with Crippen molar-refractivity contribution in [2.45, 2.75) is 24.0 Å². The van der Waals surface area contributed by atoms with Crippen LogP contribution < -0.4 is 10.6 Å². The molecule has 0 radical (unpaired) electrons. The third kappa shape index (κ3) is 6.13. The first-order valence-electron chi connectivity index (χ1n) is 10.2. The van der Waals surface area contributed by atoms with Gasteiger partial charge in [0.05, 0.1) is 17.5 Å². The van der Waals surface area contributed by atoms with Crippen LogP contribution in [-0.2, 0) is 21.4 Å². The molecule has 0 bridgehead atoms. The van der Waals surface area contributed by atoms with E-state index < -0.39 is 21.8 Å². The van der Waals surface area contributed by atoms with Crippen molar-refractivity contribution in [3.63, 3.8) is 0 Å². The topological polar surface area (TPSA) is 119 Å². The molecular weight excluding hydrogens is 432 g/mol. The van der Waals surface area contributed by atoms with Gasteiger partial charge in [0, 0.05) is 45.0 Å². The first-order chi connectivity index (χ1) is 15.1. The number of hydrogen-bond acceptors (Lipinski definition) is 6. The molecule has 3 rings (SSSR count). The number of aliphatic hydroxyl groups excluding tert-OH is 1. The molecule has 32 heavy (non-hydrogen) atoms. The number of anilines is 1. The number of carbonyl (C=O) groups is 2. The van der Waals surface area contributed by atoms with Crippen molar-refractivity contribution in [1.29, 1.82) is 0 Å². The molecule has 0 spiro atoms. The summed E-state index contributed by atoms with van der Waals surface area (Å²) in [6, 6.07) is 13.1. The van der Waals surface area contributed by atoms with Gasteiger partial charge in [0.2, 0.25) is 15.9 Å². The summed E-state index contributed by atoms with van der Waals surface area (Å²) in [5.41, 5.74) is 1.77. The van der Waals surface area contributed by atoms with Crippen molar-refractivity contribution in [3.8, 4) is 0 Å². The minimum absolute atomic E-state index is 0.00179. The maximum atomic E-state index is 12.4. The van der Waals surface area contributed by atoms with E-state index in [1.807, 2.05) is 18.2 Å². The summed E-state index contributed by atoms with van der Waals surface area (Å²) in [4.78, 5) is 26.8. The van der Waals surface area contributed by atoms with Gasteiger partial charge in [-0.2, -0.15) is 0 Å². The first-order valence-corrected chi connectivity index (χ1v) is 11.7. The number of rotatable bonds is 8. The highest BCUT2D eigenvalue weighted by Crippen LogP contribution is 2.17. The van der Waals surface area contributed by atoms with Gasteiger partial charge < -0.3 is 15.7 Å². The quantitative estimate of drug-likeness (QED) is 0.538. The molecule has 1 fully saturated rings. The van der Waals surface area contributed by atoms with Gasteiger partial charge in [0.15, 0.2) is 0 Å². The van der Waals surface area contributed by atoms with E-state index in [1.54, 1.807) is 6.07 Å². The normalized spacial score (nSPS) is 16.8. The predicted molar refractivity (Wildman–Crippen MR) is 121 cm³/mol. The molecule has 1 saturated heterocycles. The van der Waals surface area contributed by atoms with Crippen molar-refractivity contribution in [2.75, 3.05) is 39.0 Å². The lowest BCUT2D eigenvalue weighted by molar-refractivity contribution is -0.115. The van der Waals surface area contributed by atoms with Gasteiger partial charge in [0.25, 0.3) is 5.91 Å². The predicted octanol–water partition coefficient (Wildman–Crippen LogP) is 0.872. The van der Waals surface area contributed by atoms with Gasteiger partial charge >= 0.3 is 0 Å². The molecule has 172 valence electrons. The number of hydrogen-bond donors (Lipinski definition) is 3. The van der Waals surface area contributed by atoms with E-state index in [0.29, 0.717) is 18.8 Å². The summed E-state index contributed by atoms with van der Waals surface area (Å²) < 4.78 is 25.6. The second-order valence-corrected chi connectivity index (χ2v) is 10.1. The Morgan fingerprint density at radius 3 is 2.59 bits per heavy atom. The molecule has 1 atom stereocenters. The number of β-amino-alcohol motifs (C(OH)–C–C–N with tert-alkyl or cyclic N) is 1. The van der Waals surface area contributed by atoms with Crippen LogP contribution in [-0.4, -0.2) is 74.4 Å². The fraction of sp³-hybridized carbons (Fsp3) is 0.364. The molecule has 0 aromatic heterocycles. The first kappa shape index (κ1) is 23.9. The molecule has 3 N–H and O–H groups in total. The van der Waals surface area contributed by atoms with Gasteiger partial charge in [0.1, 0.15) is 0 Å². The van der Waals surface area contributed by atoms with E-state index in [-0.39, 0.29) is 23.1 Å². The fourth-order valence-corrected chi connectivity index (χ4v) is 4.39. The average Bonchev–Trinajstić information content (AvgIpc) is 3.16. The van der Waals surface area contributed by atoms with E-state index in [2.05, 4.69) is 15.5 Å². The molecule has 10 heteroatoms. The second kappa shape index (κ2) is 10.2. The number of nitrogens with zero attached hydrogens (tertiary/aromatic N) is 2. The van der Waals surface area contributed by atoms with E-state index >= 15 is 0 Å². The van der Waals surface area contributed by atoms with Crippen LogP contribution in [0, 0.1) is 0 Å². The van der Waals surface area contributed by atoms with Gasteiger partial charge in [-0.3, -0.25) is 14.5 Å². The number of likely N-dealkylation sites (tertiary alicyclic amines) is 1. The summed E-state index contributed by atoms with van der Waals surface area (Å²) in [5.74, 6) is -0.943. The van der Waals surface area contributed by atoms with Crippen LogP contribution in [0.25, 0.3) is 0 Å². The summed E-state index contributed by atoms with van der Waals surface area (Å²) in [7, 11) is -0.839. The van der Waals surface area contributed by atoms with Crippen molar-refractivity contribution >= 4 is 27.5 Å². The SMILES string of the molecule is CN(C)S(=O)(=O)c1cccc(C(=O)NCC(=O)Nc2cccc(CN3CCC(O)C3)c2)c1. The molecule has 1 heterocycles. The largest absolute Gasteiger partial charge is 0.392 e. The fourth-order valence-electron chi connectivity index (χ4n) is 3.44. The molecule has 2 amide bonds. The highest BCUT2D eigenvalue weighted by molar-refractivity contribution is 7.89. The van der Waals surface area contributed by atoms with E-state index in [1.165, 1.54) is 38.4 Å². The Labute approximate surface area is 188 Å². The molecular formula is C22H28N4O5S. The van der Waals surface area contributed by atoms with Gasteiger partial charge in [-0.25, -0.2) is 12.7 Å². The van der Waals surface area contributed by atoms with Crippen molar-refractivity contribution < 1.29 is 23.1 Å². The Bertz CT molecular complexity index is 1090. The maximum Gasteiger partial charge on any atom is 0.251 e. The minimum atomic E-state index is -3.66. The van der Waals surface area contributed by atoms with Crippen LogP contribution in [0.5, 0.6) is 0 Å². The Kier molecular flexibility index (Phi) is 7.62. The molecule has 2 aromatic rings. The van der Waals surface area contributed by atoms with Gasteiger partial charge in [-0.05, 0) is 42.3 Å².